The van der Waals surface area contributed by atoms with E-state index in [-0.39, 0.29) is 11.3 Å². The zero-order chi connectivity index (χ0) is 13.2. The average Bonchev–Trinajstić information content (AvgIpc) is 2.69. The van der Waals surface area contributed by atoms with Crippen LogP contribution in [0.1, 0.15) is 30.6 Å². The van der Waals surface area contributed by atoms with Crippen LogP contribution in [-0.2, 0) is 11.3 Å². The maximum absolute atomic E-state index is 12.2. The molecule has 1 aliphatic rings. The Bertz CT molecular complexity index is 423. The highest BCUT2D eigenvalue weighted by atomic mass is 35.5. The molecule has 0 bridgehead atoms. The van der Waals surface area contributed by atoms with Gasteiger partial charge in [0.2, 0.25) is 5.91 Å². The van der Waals surface area contributed by atoms with Gasteiger partial charge in [0.05, 0.1) is 10.9 Å². The lowest BCUT2D eigenvalue weighted by molar-refractivity contribution is -0.134. The van der Waals surface area contributed by atoms with Crippen LogP contribution in [0, 0.1) is 5.41 Å². The average molecular weight is 287 g/mol. The summed E-state index contributed by atoms with van der Waals surface area (Å²) in [6.45, 7) is 1.26. The lowest BCUT2D eigenvalue weighted by Gasteiger charge is -2.41. The van der Waals surface area contributed by atoms with Crippen molar-refractivity contribution < 1.29 is 4.79 Å². The SMILES string of the molecule is CN(Cc1ccc(Cl)s1)C(=O)CC1(CN)CCC1. The van der Waals surface area contributed by atoms with E-state index in [0.717, 1.165) is 22.1 Å². The minimum Gasteiger partial charge on any atom is -0.341 e. The third kappa shape index (κ3) is 3.05. The first-order valence-corrected chi connectivity index (χ1v) is 7.42. The normalized spacial score (nSPS) is 17.3. The molecule has 3 nitrogen and oxygen atoms in total. The van der Waals surface area contributed by atoms with E-state index < -0.39 is 0 Å². The molecule has 18 heavy (non-hydrogen) atoms. The van der Waals surface area contributed by atoms with Crippen LogP contribution in [0.3, 0.4) is 0 Å². The van der Waals surface area contributed by atoms with Crippen LogP contribution < -0.4 is 5.73 Å². The van der Waals surface area contributed by atoms with Crippen molar-refractivity contribution in [3.05, 3.63) is 21.3 Å². The Morgan fingerprint density at radius 1 is 1.56 bits per heavy atom. The second kappa shape index (κ2) is 5.59. The molecule has 0 saturated heterocycles. The van der Waals surface area contributed by atoms with Gasteiger partial charge in [-0.25, -0.2) is 0 Å². The maximum atomic E-state index is 12.2. The molecule has 1 aromatic heterocycles. The third-order valence-corrected chi connectivity index (χ3v) is 5.04. The molecule has 2 N–H and O–H groups in total. The number of nitrogens with zero attached hydrogens (tertiary/aromatic N) is 1. The van der Waals surface area contributed by atoms with Crippen molar-refractivity contribution in [2.75, 3.05) is 13.6 Å². The highest BCUT2D eigenvalue weighted by molar-refractivity contribution is 7.16. The molecule has 1 amide bonds. The Balaban J connectivity index is 1.88. The smallest absolute Gasteiger partial charge is 0.223 e. The molecule has 2 rings (SSSR count). The Morgan fingerprint density at radius 3 is 2.72 bits per heavy atom. The first-order chi connectivity index (χ1) is 8.54. The molecule has 1 heterocycles. The predicted octanol–water partition coefficient (Wildman–Crippen LogP) is 2.88. The molecule has 1 saturated carbocycles. The number of thiophene rings is 1. The lowest BCUT2D eigenvalue weighted by atomic mass is 9.66. The maximum Gasteiger partial charge on any atom is 0.223 e. The summed E-state index contributed by atoms with van der Waals surface area (Å²) in [7, 11) is 1.85. The molecule has 0 aliphatic heterocycles. The molecule has 1 aliphatic carbocycles. The van der Waals surface area contributed by atoms with E-state index >= 15 is 0 Å². The van der Waals surface area contributed by atoms with E-state index in [2.05, 4.69) is 0 Å². The fourth-order valence-corrected chi connectivity index (χ4v) is 3.49. The van der Waals surface area contributed by atoms with Crippen LogP contribution in [0.25, 0.3) is 0 Å². The number of hydrogen-bond donors (Lipinski definition) is 1. The van der Waals surface area contributed by atoms with Gasteiger partial charge >= 0.3 is 0 Å². The quantitative estimate of drug-likeness (QED) is 0.905. The van der Waals surface area contributed by atoms with Gasteiger partial charge in [-0.15, -0.1) is 11.3 Å². The second-order valence-electron chi connectivity index (χ2n) is 5.19. The largest absolute Gasteiger partial charge is 0.341 e. The molecule has 0 aromatic carbocycles. The van der Waals surface area contributed by atoms with Crippen LogP contribution in [0.2, 0.25) is 4.34 Å². The van der Waals surface area contributed by atoms with E-state index in [9.17, 15) is 4.79 Å². The molecule has 0 unspecified atom stereocenters. The van der Waals surface area contributed by atoms with Gasteiger partial charge in [-0.3, -0.25) is 4.79 Å². The fourth-order valence-electron chi connectivity index (χ4n) is 2.34. The minimum atomic E-state index is 0.0818. The Kier molecular flexibility index (Phi) is 4.30. The molecule has 0 radical (unpaired) electrons. The van der Waals surface area contributed by atoms with Gasteiger partial charge in [0, 0.05) is 18.3 Å². The van der Waals surface area contributed by atoms with E-state index in [1.54, 1.807) is 4.90 Å². The number of carbonyl (C=O) groups excluding carboxylic acids is 1. The van der Waals surface area contributed by atoms with Crippen molar-refractivity contribution >= 4 is 28.8 Å². The predicted molar refractivity (Wildman–Crippen MR) is 75.8 cm³/mol. The van der Waals surface area contributed by atoms with Crippen LogP contribution in [0.5, 0.6) is 0 Å². The summed E-state index contributed by atoms with van der Waals surface area (Å²) in [5, 5.41) is 0. The number of amides is 1. The molecule has 100 valence electrons. The highest BCUT2D eigenvalue weighted by Gasteiger charge is 2.38. The van der Waals surface area contributed by atoms with Crippen molar-refractivity contribution in [3.8, 4) is 0 Å². The van der Waals surface area contributed by atoms with Gasteiger partial charge in [0.25, 0.3) is 0 Å². The van der Waals surface area contributed by atoms with Crippen LogP contribution >= 0.6 is 22.9 Å². The summed E-state index contributed by atoms with van der Waals surface area (Å²) in [6.07, 6.45) is 3.97. The summed E-state index contributed by atoms with van der Waals surface area (Å²) in [4.78, 5) is 15.1. The summed E-state index contributed by atoms with van der Waals surface area (Å²) >= 11 is 7.41. The molecule has 1 aromatic rings. The molecule has 5 heteroatoms. The zero-order valence-electron chi connectivity index (χ0n) is 10.6. The van der Waals surface area contributed by atoms with Gasteiger partial charge in [0.15, 0.2) is 0 Å². The lowest BCUT2D eigenvalue weighted by Crippen LogP contribution is -2.42. The summed E-state index contributed by atoms with van der Waals surface area (Å²) < 4.78 is 0.767. The Morgan fingerprint density at radius 2 is 2.28 bits per heavy atom. The molecule has 1 fully saturated rings. The van der Waals surface area contributed by atoms with E-state index in [0.29, 0.717) is 19.5 Å². The summed E-state index contributed by atoms with van der Waals surface area (Å²) in [5.74, 6) is 0.185. The number of rotatable bonds is 5. The monoisotopic (exact) mass is 286 g/mol. The standard InChI is InChI=1S/C13H19ClN2OS/c1-16(8-10-3-4-11(14)18-10)12(17)7-13(9-15)5-2-6-13/h3-4H,2,5-9,15H2,1H3. The van der Waals surface area contributed by atoms with E-state index in [1.165, 1.54) is 17.8 Å². The first kappa shape index (κ1) is 13.8. The van der Waals surface area contributed by atoms with Crippen LogP contribution in [0.4, 0.5) is 0 Å². The van der Waals surface area contributed by atoms with Crippen molar-refractivity contribution in [1.82, 2.24) is 4.90 Å². The van der Waals surface area contributed by atoms with Gasteiger partial charge in [0.1, 0.15) is 0 Å². The number of carbonyl (C=O) groups is 1. The molecular formula is C13H19ClN2OS. The van der Waals surface area contributed by atoms with Gasteiger partial charge in [-0.1, -0.05) is 18.0 Å². The summed E-state index contributed by atoms with van der Waals surface area (Å²) in [6, 6.07) is 3.84. The van der Waals surface area contributed by atoms with Gasteiger partial charge < -0.3 is 10.6 Å². The molecule has 0 spiro atoms. The van der Waals surface area contributed by atoms with Crippen molar-refractivity contribution in [2.45, 2.75) is 32.2 Å². The van der Waals surface area contributed by atoms with E-state index in [1.807, 2.05) is 19.2 Å². The zero-order valence-corrected chi connectivity index (χ0v) is 12.2. The van der Waals surface area contributed by atoms with Gasteiger partial charge in [-0.2, -0.15) is 0 Å². The highest BCUT2D eigenvalue weighted by Crippen LogP contribution is 2.43. The second-order valence-corrected chi connectivity index (χ2v) is 6.99. The number of hydrogen-bond acceptors (Lipinski definition) is 3. The Hall–Kier alpha value is -0.580. The molecule has 0 atom stereocenters. The van der Waals surface area contributed by atoms with Crippen LogP contribution in [-0.4, -0.2) is 24.4 Å². The fraction of sp³-hybridized carbons (Fsp3) is 0.615. The Labute approximate surface area is 117 Å². The van der Waals surface area contributed by atoms with Crippen LogP contribution in [0.15, 0.2) is 12.1 Å². The summed E-state index contributed by atoms with van der Waals surface area (Å²) in [5.41, 5.74) is 5.87. The topological polar surface area (TPSA) is 46.3 Å². The van der Waals surface area contributed by atoms with Crippen molar-refractivity contribution in [1.29, 1.82) is 0 Å². The molecular weight excluding hydrogens is 268 g/mol. The van der Waals surface area contributed by atoms with Crippen molar-refractivity contribution in [2.24, 2.45) is 11.1 Å². The van der Waals surface area contributed by atoms with E-state index in [4.69, 9.17) is 17.3 Å². The van der Waals surface area contributed by atoms with Gasteiger partial charge in [-0.05, 0) is 36.9 Å². The minimum absolute atomic E-state index is 0.0818. The number of nitrogens with two attached hydrogens (primary N) is 1. The third-order valence-electron chi connectivity index (χ3n) is 3.82. The first-order valence-electron chi connectivity index (χ1n) is 6.23. The van der Waals surface area contributed by atoms with Crippen molar-refractivity contribution in [3.63, 3.8) is 0 Å². The number of halogens is 1.